The lowest BCUT2D eigenvalue weighted by Crippen LogP contribution is -2.52. The van der Waals surface area contributed by atoms with Gasteiger partial charge in [0.2, 0.25) is 5.91 Å². The smallest absolute Gasteiger partial charge is 0.271 e. The highest BCUT2D eigenvalue weighted by Crippen LogP contribution is 2.28. The Balaban J connectivity index is 1.60. The molecule has 1 aliphatic rings. The van der Waals surface area contributed by atoms with Crippen molar-refractivity contribution >= 4 is 33.0 Å². The van der Waals surface area contributed by atoms with Gasteiger partial charge in [-0.2, -0.15) is 0 Å². The summed E-state index contributed by atoms with van der Waals surface area (Å²) < 4.78 is 27.2. The molecule has 4 N–H and O–H groups in total. The van der Waals surface area contributed by atoms with Crippen molar-refractivity contribution in [1.29, 1.82) is 0 Å². The van der Waals surface area contributed by atoms with Crippen LogP contribution in [0.4, 0.5) is 5.69 Å². The first-order chi connectivity index (χ1) is 12.4. The van der Waals surface area contributed by atoms with E-state index in [4.69, 9.17) is 5.73 Å². The number of carbonyl (C=O) groups excluding carboxylic acids is 1. The summed E-state index contributed by atoms with van der Waals surface area (Å²) in [6.45, 7) is 0.460. The third-order valence-electron chi connectivity index (χ3n) is 4.69. The highest BCUT2D eigenvalue weighted by Gasteiger charge is 2.33. The van der Waals surface area contributed by atoms with Crippen molar-refractivity contribution < 1.29 is 13.2 Å². The van der Waals surface area contributed by atoms with Crippen molar-refractivity contribution in [3.05, 3.63) is 47.3 Å². The number of anilines is 1. The molecule has 6 nitrogen and oxygen atoms in total. The molecule has 1 aromatic heterocycles. The first kappa shape index (κ1) is 18.9. The van der Waals surface area contributed by atoms with Crippen LogP contribution in [0.2, 0.25) is 0 Å². The van der Waals surface area contributed by atoms with Crippen LogP contribution in [0.25, 0.3) is 0 Å². The van der Waals surface area contributed by atoms with Gasteiger partial charge in [0.1, 0.15) is 4.21 Å². The standard InChI is InChI=1S/C18H23N3O3S2/c19-13-18(9-1-2-10-18)20-16(22)12-14-5-7-15(8-6-14)21-26(23,24)17-4-3-11-25-17/h3-8,11,21H,1-2,9-10,12-13,19H2,(H,20,22). The van der Waals surface area contributed by atoms with E-state index in [1.807, 2.05) is 0 Å². The normalized spacial score (nSPS) is 16.3. The maximum absolute atomic E-state index is 12.3. The number of carbonyl (C=O) groups is 1. The number of rotatable bonds is 7. The van der Waals surface area contributed by atoms with Crippen molar-refractivity contribution in [1.82, 2.24) is 5.32 Å². The van der Waals surface area contributed by atoms with Crippen LogP contribution in [0.1, 0.15) is 31.2 Å². The van der Waals surface area contributed by atoms with Crippen molar-refractivity contribution in [2.75, 3.05) is 11.3 Å². The van der Waals surface area contributed by atoms with E-state index in [9.17, 15) is 13.2 Å². The SMILES string of the molecule is NCC1(NC(=O)Cc2ccc(NS(=O)(=O)c3cccs3)cc2)CCCC1. The van der Waals surface area contributed by atoms with E-state index in [1.165, 1.54) is 0 Å². The van der Waals surface area contributed by atoms with E-state index in [0.717, 1.165) is 42.6 Å². The maximum Gasteiger partial charge on any atom is 0.271 e. The summed E-state index contributed by atoms with van der Waals surface area (Å²) in [5.41, 5.74) is 6.89. The van der Waals surface area contributed by atoms with E-state index in [2.05, 4.69) is 10.0 Å². The van der Waals surface area contributed by atoms with Crippen LogP contribution in [0, 0.1) is 0 Å². The Morgan fingerprint density at radius 3 is 2.42 bits per heavy atom. The van der Waals surface area contributed by atoms with Gasteiger partial charge in [-0.15, -0.1) is 11.3 Å². The molecule has 1 fully saturated rings. The van der Waals surface area contributed by atoms with Gasteiger partial charge < -0.3 is 11.1 Å². The Morgan fingerprint density at radius 1 is 1.15 bits per heavy atom. The van der Waals surface area contributed by atoms with E-state index in [0.29, 0.717) is 12.2 Å². The van der Waals surface area contributed by atoms with E-state index < -0.39 is 10.0 Å². The van der Waals surface area contributed by atoms with Crippen LogP contribution in [-0.4, -0.2) is 26.4 Å². The quantitative estimate of drug-likeness (QED) is 0.672. The summed E-state index contributed by atoms with van der Waals surface area (Å²) >= 11 is 1.16. The lowest BCUT2D eigenvalue weighted by atomic mass is 9.97. The van der Waals surface area contributed by atoms with Crippen LogP contribution in [-0.2, 0) is 21.2 Å². The van der Waals surface area contributed by atoms with Gasteiger partial charge in [0, 0.05) is 12.2 Å². The number of thiophene rings is 1. The molecule has 0 bridgehead atoms. The fraction of sp³-hybridized carbons (Fsp3) is 0.389. The Labute approximate surface area is 157 Å². The van der Waals surface area contributed by atoms with Gasteiger partial charge in [-0.3, -0.25) is 9.52 Å². The average Bonchev–Trinajstić information content (AvgIpc) is 3.29. The van der Waals surface area contributed by atoms with E-state index in [1.54, 1.807) is 41.8 Å². The van der Waals surface area contributed by atoms with Crippen LogP contribution < -0.4 is 15.8 Å². The van der Waals surface area contributed by atoms with Crippen LogP contribution in [0.15, 0.2) is 46.0 Å². The molecule has 0 spiro atoms. The second-order valence-electron chi connectivity index (χ2n) is 6.65. The summed E-state index contributed by atoms with van der Waals surface area (Å²) in [5.74, 6) is -0.0516. The lowest BCUT2D eigenvalue weighted by molar-refractivity contribution is -0.122. The predicted octanol–water partition coefficient (Wildman–Crippen LogP) is 2.48. The van der Waals surface area contributed by atoms with Gasteiger partial charge in [-0.1, -0.05) is 31.0 Å². The minimum atomic E-state index is -3.56. The zero-order chi connectivity index (χ0) is 18.6. The van der Waals surface area contributed by atoms with Gasteiger partial charge in [0.25, 0.3) is 10.0 Å². The van der Waals surface area contributed by atoms with Gasteiger partial charge >= 0.3 is 0 Å². The zero-order valence-electron chi connectivity index (χ0n) is 14.4. The highest BCUT2D eigenvalue weighted by atomic mass is 32.2. The number of hydrogen-bond donors (Lipinski definition) is 3. The number of sulfonamides is 1. The zero-order valence-corrected chi connectivity index (χ0v) is 16.0. The number of benzene rings is 1. The monoisotopic (exact) mass is 393 g/mol. The predicted molar refractivity (Wildman–Crippen MR) is 104 cm³/mol. The Kier molecular flexibility index (Phi) is 5.64. The molecule has 3 rings (SSSR count). The van der Waals surface area contributed by atoms with Gasteiger partial charge in [-0.25, -0.2) is 8.42 Å². The fourth-order valence-corrected chi connectivity index (χ4v) is 5.32. The topological polar surface area (TPSA) is 101 Å². The highest BCUT2D eigenvalue weighted by molar-refractivity contribution is 7.94. The van der Waals surface area contributed by atoms with Gasteiger partial charge in [-0.05, 0) is 42.0 Å². The molecule has 0 unspecified atom stereocenters. The van der Waals surface area contributed by atoms with E-state index >= 15 is 0 Å². The Bertz CT molecular complexity index is 840. The first-order valence-electron chi connectivity index (χ1n) is 8.59. The molecule has 1 aliphatic carbocycles. The van der Waals surface area contributed by atoms with E-state index in [-0.39, 0.29) is 22.1 Å². The molecular weight excluding hydrogens is 370 g/mol. The molecule has 8 heteroatoms. The maximum atomic E-state index is 12.3. The first-order valence-corrected chi connectivity index (χ1v) is 11.0. The molecule has 0 radical (unpaired) electrons. The molecule has 0 aliphatic heterocycles. The number of nitrogens with two attached hydrogens (primary N) is 1. The second kappa shape index (κ2) is 7.77. The molecule has 26 heavy (non-hydrogen) atoms. The molecule has 1 amide bonds. The van der Waals surface area contributed by atoms with Gasteiger partial charge in [0.15, 0.2) is 0 Å². The van der Waals surface area contributed by atoms with Crippen molar-refractivity contribution in [3.63, 3.8) is 0 Å². The van der Waals surface area contributed by atoms with Crippen LogP contribution in [0.3, 0.4) is 0 Å². The second-order valence-corrected chi connectivity index (χ2v) is 9.51. The van der Waals surface area contributed by atoms with Gasteiger partial charge in [0.05, 0.1) is 12.0 Å². The third-order valence-corrected chi connectivity index (χ3v) is 7.47. The number of hydrogen-bond acceptors (Lipinski definition) is 5. The Hall–Kier alpha value is -1.90. The molecule has 0 atom stereocenters. The molecule has 140 valence electrons. The number of amides is 1. The van der Waals surface area contributed by atoms with Crippen LogP contribution >= 0.6 is 11.3 Å². The molecular formula is C18H23N3O3S2. The molecule has 1 saturated carbocycles. The third kappa shape index (κ3) is 4.44. The number of nitrogens with one attached hydrogen (secondary N) is 2. The minimum Gasteiger partial charge on any atom is -0.349 e. The molecule has 1 heterocycles. The molecule has 0 saturated heterocycles. The summed E-state index contributed by atoms with van der Waals surface area (Å²) in [7, 11) is -3.56. The fourth-order valence-electron chi connectivity index (χ4n) is 3.27. The summed E-state index contributed by atoms with van der Waals surface area (Å²) in [5, 5.41) is 4.80. The summed E-state index contributed by atoms with van der Waals surface area (Å²) in [6.07, 6.45) is 4.30. The summed E-state index contributed by atoms with van der Waals surface area (Å²) in [6, 6.07) is 10.1. The lowest BCUT2D eigenvalue weighted by Gasteiger charge is -2.28. The average molecular weight is 394 g/mol. The largest absolute Gasteiger partial charge is 0.349 e. The Morgan fingerprint density at radius 2 is 1.85 bits per heavy atom. The summed E-state index contributed by atoms with van der Waals surface area (Å²) in [4.78, 5) is 12.3. The van der Waals surface area contributed by atoms with Crippen molar-refractivity contribution in [2.24, 2.45) is 5.73 Å². The molecule has 1 aromatic carbocycles. The van der Waals surface area contributed by atoms with Crippen molar-refractivity contribution in [3.8, 4) is 0 Å². The minimum absolute atomic E-state index is 0.0516. The van der Waals surface area contributed by atoms with Crippen LogP contribution in [0.5, 0.6) is 0 Å². The molecule has 2 aromatic rings. The van der Waals surface area contributed by atoms with Crippen molar-refractivity contribution in [2.45, 2.75) is 41.9 Å².